The van der Waals surface area contributed by atoms with Gasteiger partial charge >= 0.3 is 0 Å². The molecule has 0 radical (unpaired) electrons. The summed E-state index contributed by atoms with van der Waals surface area (Å²) in [5, 5.41) is 22.0. The van der Waals surface area contributed by atoms with E-state index in [1.807, 2.05) is 12.1 Å². The minimum Gasteiger partial charge on any atom is -0.508 e. The number of nitrogens with zero attached hydrogens (tertiary/aromatic N) is 1. The van der Waals surface area contributed by atoms with Crippen molar-refractivity contribution in [3.05, 3.63) is 47.7 Å². The predicted molar refractivity (Wildman–Crippen MR) is 71.1 cm³/mol. The van der Waals surface area contributed by atoms with Crippen LogP contribution in [0.5, 0.6) is 17.4 Å². The zero-order valence-electron chi connectivity index (χ0n) is 10.6. The Morgan fingerprint density at radius 3 is 2.74 bits per heavy atom. The molecular weight excluding hydrogens is 244 g/mol. The molecule has 0 aliphatic carbocycles. The van der Waals surface area contributed by atoms with Crippen molar-refractivity contribution in [1.82, 2.24) is 10.3 Å². The second-order valence-electron chi connectivity index (χ2n) is 4.12. The Hall–Kier alpha value is -2.27. The molecule has 0 bridgehead atoms. The third-order valence-corrected chi connectivity index (χ3v) is 2.72. The zero-order valence-corrected chi connectivity index (χ0v) is 10.6. The number of nitrogens with one attached hydrogen (secondary N) is 1. The number of ether oxygens (including phenoxy) is 1. The molecule has 19 heavy (non-hydrogen) atoms. The highest BCUT2D eigenvalue weighted by molar-refractivity contribution is 5.38. The van der Waals surface area contributed by atoms with Crippen LogP contribution in [0.3, 0.4) is 0 Å². The van der Waals surface area contributed by atoms with Crippen molar-refractivity contribution >= 4 is 0 Å². The van der Waals surface area contributed by atoms with Crippen molar-refractivity contribution in [3.63, 3.8) is 0 Å². The summed E-state index contributed by atoms with van der Waals surface area (Å²) >= 11 is 0. The quantitative estimate of drug-likeness (QED) is 0.764. The van der Waals surface area contributed by atoms with Gasteiger partial charge in [0, 0.05) is 37.0 Å². The first-order chi connectivity index (χ1) is 9.19. The summed E-state index contributed by atoms with van der Waals surface area (Å²) in [6.45, 7) is 1.15. The van der Waals surface area contributed by atoms with Gasteiger partial charge < -0.3 is 20.3 Å². The third-order valence-electron chi connectivity index (χ3n) is 2.72. The first-order valence-electron chi connectivity index (χ1n) is 5.89. The maximum absolute atomic E-state index is 9.64. The summed E-state index contributed by atoms with van der Waals surface area (Å²) in [4.78, 5) is 4.03. The first kappa shape index (κ1) is 13.2. The van der Waals surface area contributed by atoms with Crippen LogP contribution >= 0.6 is 0 Å². The standard InChI is InChI=1S/C14H16N2O3/c1-19-14-6-10(4-5-16-14)8-15-9-11-2-3-12(17)7-13(11)18/h2-7,15,17-18H,8-9H2,1H3. The number of phenolic OH excluding ortho intramolecular Hbond substituents is 2. The van der Waals surface area contributed by atoms with E-state index in [0.717, 1.165) is 11.1 Å². The molecule has 3 N–H and O–H groups in total. The lowest BCUT2D eigenvalue weighted by atomic mass is 10.2. The fourth-order valence-corrected chi connectivity index (χ4v) is 1.72. The van der Waals surface area contributed by atoms with E-state index < -0.39 is 0 Å². The molecule has 0 saturated carbocycles. The zero-order chi connectivity index (χ0) is 13.7. The SMILES string of the molecule is COc1cc(CNCc2ccc(O)cc2O)ccn1. The molecule has 0 fully saturated rings. The predicted octanol–water partition coefficient (Wildman–Crippen LogP) is 1.79. The van der Waals surface area contributed by atoms with Crippen LogP contribution in [0.2, 0.25) is 0 Å². The van der Waals surface area contributed by atoms with E-state index in [9.17, 15) is 10.2 Å². The second-order valence-corrected chi connectivity index (χ2v) is 4.12. The molecule has 0 aliphatic rings. The lowest BCUT2D eigenvalue weighted by Gasteiger charge is -2.08. The topological polar surface area (TPSA) is 74.6 Å². The Balaban J connectivity index is 1.92. The molecule has 1 heterocycles. The minimum absolute atomic E-state index is 0.0557. The van der Waals surface area contributed by atoms with Gasteiger partial charge in [0.15, 0.2) is 0 Å². The molecule has 5 nitrogen and oxygen atoms in total. The summed E-state index contributed by atoms with van der Waals surface area (Å²) in [6.07, 6.45) is 1.69. The smallest absolute Gasteiger partial charge is 0.213 e. The molecule has 0 unspecified atom stereocenters. The van der Waals surface area contributed by atoms with Crippen molar-refractivity contribution in [2.45, 2.75) is 13.1 Å². The minimum atomic E-state index is 0.0557. The molecule has 2 rings (SSSR count). The molecule has 0 amide bonds. The van der Waals surface area contributed by atoms with Crippen LogP contribution in [0.25, 0.3) is 0 Å². The monoisotopic (exact) mass is 260 g/mol. The summed E-state index contributed by atoms with van der Waals surface area (Å²) in [6, 6.07) is 8.30. The van der Waals surface area contributed by atoms with Gasteiger partial charge in [0.25, 0.3) is 0 Å². The first-order valence-corrected chi connectivity index (χ1v) is 5.89. The van der Waals surface area contributed by atoms with E-state index in [4.69, 9.17) is 4.74 Å². The molecular formula is C14H16N2O3. The molecule has 1 aromatic heterocycles. The highest BCUT2D eigenvalue weighted by atomic mass is 16.5. The fourth-order valence-electron chi connectivity index (χ4n) is 1.72. The van der Waals surface area contributed by atoms with Gasteiger partial charge in [-0.2, -0.15) is 0 Å². The van der Waals surface area contributed by atoms with Crippen LogP contribution in [0.1, 0.15) is 11.1 Å². The van der Waals surface area contributed by atoms with Crippen molar-refractivity contribution in [3.8, 4) is 17.4 Å². The van der Waals surface area contributed by atoms with Crippen LogP contribution in [-0.2, 0) is 13.1 Å². The van der Waals surface area contributed by atoms with Gasteiger partial charge in [0.05, 0.1) is 7.11 Å². The maximum Gasteiger partial charge on any atom is 0.213 e. The van der Waals surface area contributed by atoms with E-state index in [1.165, 1.54) is 6.07 Å². The number of hydrogen-bond donors (Lipinski definition) is 3. The number of aromatic nitrogens is 1. The molecule has 1 aromatic carbocycles. The molecule has 100 valence electrons. The maximum atomic E-state index is 9.64. The van der Waals surface area contributed by atoms with Crippen LogP contribution in [0.4, 0.5) is 0 Å². The van der Waals surface area contributed by atoms with E-state index in [0.29, 0.717) is 19.0 Å². The molecule has 0 aliphatic heterocycles. The van der Waals surface area contributed by atoms with Gasteiger partial charge in [0.1, 0.15) is 11.5 Å². The van der Waals surface area contributed by atoms with Gasteiger partial charge in [0.2, 0.25) is 5.88 Å². The lowest BCUT2D eigenvalue weighted by molar-refractivity contribution is 0.397. The summed E-state index contributed by atoms with van der Waals surface area (Å²) in [7, 11) is 1.58. The van der Waals surface area contributed by atoms with Gasteiger partial charge in [-0.1, -0.05) is 6.07 Å². The van der Waals surface area contributed by atoms with Crippen molar-refractivity contribution in [2.75, 3.05) is 7.11 Å². The summed E-state index contributed by atoms with van der Waals surface area (Å²) in [5.41, 5.74) is 1.78. The average molecular weight is 260 g/mol. The number of aromatic hydroxyl groups is 2. The van der Waals surface area contributed by atoms with Gasteiger partial charge in [-0.05, 0) is 17.7 Å². The van der Waals surface area contributed by atoms with Crippen LogP contribution in [-0.4, -0.2) is 22.3 Å². The summed E-state index contributed by atoms with van der Waals surface area (Å²) < 4.78 is 5.05. The van der Waals surface area contributed by atoms with E-state index in [-0.39, 0.29) is 11.5 Å². The van der Waals surface area contributed by atoms with Gasteiger partial charge in [-0.15, -0.1) is 0 Å². The van der Waals surface area contributed by atoms with Crippen LogP contribution < -0.4 is 10.1 Å². The second kappa shape index (κ2) is 6.06. The number of pyridine rings is 1. The van der Waals surface area contributed by atoms with Crippen LogP contribution in [0.15, 0.2) is 36.5 Å². The number of hydrogen-bond acceptors (Lipinski definition) is 5. The molecule has 5 heteroatoms. The highest BCUT2D eigenvalue weighted by Crippen LogP contribution is 2.22. The number of methoxy groups -OCH3 is 1. The molecule has 2 aromatic rings. The van der Waals surface area contributed by atoms with Crippen molar-refractivity contribution < 1.29 is 14.9 Å². The van der Waals surface area contributed by atoms with Crippen LogP contribution in [0, 0.1) is 0 Å². The largest absolute Gasteiger partial charge is 0.508 e. The summed E-state index contributed by atoms with van der Waals surface area (Å²) in [5.74, 6) is 0.715. The highest BCUT2D eigenvalue weighted by Gasteiger charge is 2.02. The fraction of sp³-hybridized carbons (Fsp3) is 0.214. The molecule has 0 atom stereocenters. The Labute approximate surface area is 111 Å². The lowest BCUT2D eigenvalue weighted by Crippen LogP contribution is -2.12. The van der Waals surface area contributed by atoms with Crippen molar-refractivity contribution in [1.29, 1.82) is 0 Å². The number of rotatable bonds is 5. The Morgan fingerprint density at radius 2 is 2.00 bits per heavy atom. The Bertz CT molecular complexity index is 558. The normalized spacial score (nSPS) is 10.4. The number of phenols is 2. The third kappa shape index (κ3) is 3.59. The van der Waals surface area contributed by atoms with E-state index in [2.05, 4.69) is 10.3 Å². The average Bonchev–Trinajstić information content (AvgIpc) is 2.41. The molecule has 0 spiro atoms. The Kier molecular flexibility index (Phi) is 4.20. The van der Waals surface area contributed by atoms with Gasteiger partial charge in [-0.25, -0.2) is 4.98 Å². The van der Waals surface area contributed by atoms with E-state index >= 15 is 0 Å². The number of benzene rings is 1. The molecule has 0 saturated heterocycles. The van der Waals surface area contributed by atoms with Gasteiger partial charge in [-0.3, -0.25) is 0 Å². The van der Waals surface area contributed by atoms with Crippen molar-refractivity contribution in [2.24, 2.45) is 0 Å². The van der Waals surface area contributed by atoms with E-state index in [1.54, 1.807) is 25.4 Å². The Morgan fingerprint density at radius 1 is 1.16 bits per heavy atom.